The lowest BCUT2D eigenvalue weighted by molar-refractivity contribution is -0.163. The van der Waals surface area contributed by atoms with Gasteiger partial charge < -0.3 is 10.2 Å². The van der Waals surface area contributed by atoms with Crippen molar-refractivity contribution in [3.63, 3.8) is 0 Å². The highest BCUT2D eigenvalue weighted by Gasteiger charge is 2.35. The Balaban J connectivity index is 2.60. The average Bonchev–Trinajstić information content (AvgIpc) is 2.24. The zero-order valence-corrected chi connectivity index (χ0v) is 10.0. The van der Waals surface area contributed by atoms with Gasteiger partial charge in [0.1, 0.15) is 6.42 Å². The molecule has 17 heavy (non-hydrogen) atoms. The minimum Gasteiger partial charge on any atom is -0.338 e. The molecule has 1 saturated heterocycles. The molecule has 1 aliphatic rings. The Morgan fingerprint density at radius 1 is 1.47 bits per heavy atom. The maximum atomic E-state index is 12.2. The van der Waals surface area contributed by atoms with Gasteiger partial charge in [0, 0.05) is 19.1 Å². The van der Waals surface area contributed by atoms with Crippen LogP contribution in [0.5, 0.6) is 0 Å². The lowest BCUT2D eigenvalue weighted by atomic mass is 10.0. The molecule has 1 N–H and O–H groups in total. The fourth-order valence-corrected chi connectivity index (χ4v) is 2.12. The Labute approximate surface area is 99.4 Å². The first-order valence-corrected chi connectivity index (χ1v) is 6.01. The number of nitrogens with zero attached hydrogens (tertiary/aromatic N) is 1. The highest BCUT2D eigenvalue weighted by Crippen LogP contribution is 2.22. The van der Waals surface area contributed by atoms with Gasteiger partial charge in [-0.25, -0.2) is 0 Å². The largest absolute Gasteiger partial charge is 0.397 e. The topological polar surface area (TPSA) is 32.3 Å². The minimum atomic E-state index is -4.41. The van der Waals surface area contributed by atoms with Gasteiger partial charge in [0.15, 0.2) is 0 Å². The second-order valence-electron chi connectivity index (χ2n) is 4.38. The van der Waals surface area contributed by atoms with Gasteiger partial charge in [-0.15, -0.1) is 0 Å². The predicted molar refractivity (Wildman–Crippen MR) is 58.6 cm³/mol. The van der Waals surface area contributed by atoms with Crippen molar-refractivity contribution < 1.29 is 18.0 Å². The van der Waals surface area contributed by atoms with E-state index in [1.165, 1.54) is 4.90 Å². The molecule has 1 amide bonds. The summed E-state index contributed by atoms with van der Waals surface area (Å²) in [5, 5.41) is 3.12. The molecule has 0 saturated carbocycles. The SMILES string of the molecule is CCCN(C(=O)CC(F)(F)F)C1CCCNC1. The summed E-state index contributed by atoms with van der Waals surface area (Å²) >= 11 is 0. The molecule has 0 bridgehead atoms. The van der Waals surface area contributed by atoms with Crippen LogP contribution < -0.4 is 5.32 Å². The number of alkyl halides is 3. The molecule has 1 aliphatic heterocycles. The fraction of sp³-hybridized carbons (Fsp3) is 0.909. The maximum Gasteiger partial charge on any atom is 0.397 e. The lowest BCUT2D eigenvalue weighted by Crippen LogP contribution is -2.49. The second-order valence-corrected chi connectivity index (χ2v) is 4.38. The van der Waals surface area contributed by atoms with Gasteiger partial charge in [-0.05, 0) is 25.8 Å². The molecule has 0 spiro atoms. The van der Waals surface area contributed by atoms with Crippen molar-refractivity contribution in [2.24, 2.45) is 0 Å². The van der Waals surface area contributed by atoms with Gasteiger partial charge in [-0.1, -0.05) is 6.92 Å². The van der Waals surface area contributed by atoms with Crippen LogP contribution >= 0.6 is 0 Å². The van der Waals surface area contributed by atoms with Crippen molar-refractivity contribution in [1.82, 2.24) is 10.2 Å². The van der Waals surface area contributed by atoms with Crippen LogP contribution in [0, 0.1) is 0 Å². The number of nitrogens with one attached hydrogen (secondary N) is 1. The highest BCUT2D eigenvalue weighted by molar-refractivity contribution is 5.77. The molecule has 6 heteroatoms. The zero-order valence-electron chi connectivity index (χ0n) is 10.0. The number of hydrogen-bond acceptors (Lipinski definition) is 2. The standard InChI is InChI=1S/C11H19F3N2O/c1-2-6-16(9-4-3-5-15-8-9)10(17)7-11(12,13)14/h9,15H,2-8H2,1H3. The van der Waals surface area contributed by atoms with Crippen LogP contribution in [0.4, 0.5) is 13.2 Å². The summed E-state index contributed by atoms with van der Waals surface area (Å²) in [6.07, 6.45) is -3.38. The molecule has 100 valence electrons. The van der Waals surface area contributed by atoms with Crippen molar-refractivity contribution in [2.45, 2.75) is 44.8 Å². The van der Waals surface area contributed by atoms with Gasteiger partial charge in [-0.3, -0.25) is 4.79 Å². The minimum absolute atomic E-state index is 0.0847. The van der Waals surface area contributed by atoms with E-state index in [-0.39, 0.29) is 6.04 Å². The molecule has 1 heterocycles. The molecular weight excluding hydrogens is 233 g/mol. The van der Waals surface area contributed by atoms with E-state index in [2.05, 4.69) is 5.32 Å². The van der Waals surface area contributed by atoms with Crippen LogP contribution in [0.1, 0.15) is 32.6 Å². The molecule has 1 rings (SSSR count). The quantitative estimate of drug-likeness (QED) is 0.829. The summed E-state index contributed by atoms with van der Waals surface area (Å²) in [5.41, 5.74) is 0. The number of amides is 1. The third-order valence-corrected chi connectivity index (χ3v) is 2.85. The number of rotatable bonds is 4. The van der Waals surface area contributed by atoms with Gasteiger partial charge in [0.05, 0.1) is 0 Å². The third-order valence-electron chi connectivity index (χ3n) is 2.85. The molecule has 1 atom stereocenters. The molecule has 0 radical (unpaired) electrons. The van der Waals surface area contributed by atoms with Gasteiger partial charge in [0.25, 0.3) is 0 Å². The molecule has 3 nitrogen and oxygen atoms in total. The number of piperidine rings is 1. The first-order chi connectivity index (χ1) is 7.94. The summed E-state index contributed by atoms with van der Waals surface area (Å²) in [6, 6.07) is -0.0847. The van der Waals surface area contributed by atoms with Crippen molar-refractivity contribution in [3.05, 3.63) is 0 Å². The molecular formula is C11H19F3N2O. The van der Waals surface area contributed by atoms with E-state index in [0.29, 0.717) is 19.5 Å². The van der Waals surface area contributed by atoms with Gasteiger partial charge >= 0.3 is 6.18 Å². The molecule has 0 aliphatic carbocycles. The molecule has 0 aromatic rings. The maximum absolute atomic E-state index is 12.2. The summed E-state index contributed by atoms with van der Waals surface area (Å²) in [7, 11) is 0. The normalized spacial score (nSPS) is 21.3. The lowest BCUT2D eigenvalue weighted by Gasteiger charge is -2.34. The van der Waals surface area contributed by atoms with Crippen LogP contribution in [0.2, 0.25) is 0 Å². The van der Waals surface area contributed by atoms with Crippen LogP contribution in [0.25, 0.3) is 0 Å². The highest BCUT2D eigenvalue weighted by atomic mass is 19.4. The van der Waals surface area contributed by atoms with E-state index >= 15 is 0 Å². The fourth-order valence-electron chi connectivity index (χ4n) is 2.12. The monoisotopic (exact) mass is 252 g/mol. The first-order valence-electron chi connectivity index (χ1n) is 6.01. The smallest absolute Gasteiger partial charge is 0.338 e. The van der Waals surface area contributed by atoms with Crippen LogP contribution in [-0.2, 0) is 4.79 Å². The van der Waals surface area contributed by atoms with E-state index in [0.717, 1.165) is 19.4 Å². The predicted octanol–water partition coefficient (Wildman–Crippen LogP) is 1.93. The Morgan fingerprint density at radius 3 is 2.65 bits per heavy atom. The number of carbonyl (C=O) groups is 1. The van der Waals surface area contributed by atoms with Crippen molar-refractivity contribution >= 4 is 5.91 Å². The first kappa shape index (κ1) is 14.3. The van der Waals surface area contributed by atoms with E-state index in [1.54, 1.807) is 0 Å². The van der Waals surface area contributed by atoms with Crippen molar-refractivity contribution in [3.8, 4) is 0 Å². The Bertz CT molecular complexity index is 250. The second kappa shape index (κ2) is 6.23. The molecule has 1 unspecified atom stereocenters. The van der Waals surface area contributed by atoms with Crippen LogP contribution in [0.15, 0.2) is 0 Å². The summed E-state index contributed by atoms with van der Waals surface area (Å²) in [5.74, 6) is -0.798. The van der Waals surface area contributed by atoms with E-state index in [1.807, 2.05) is 6.92 Å². The molecule has 0 aromatic heterocycles. The number of halogens is 3. The Hall–Kier alpha value is -0.780. The summed E-state index contributed by atoms with van der Waals surface area (Å²) in [6.45, 7) is 3.75. The third kappa shape index (κ3) is 4.93. The molecule has 0 aromatic carbocycles. The summed E-state index contributed by atoms with van der Waals surface area (Å²) in [4.78, 5) is 13.0. The number of carbonyl (C=O) groups excluding carboxylic acids is 1. The summed E-state index contributed by atoms with van der Waals surface area (Å²) < 4.78 is 36.6. The van der Waals surface area contributed by atoms with E-state index in [4.69, 9.17) is 0 Å². The van der Waals surface area contributed by atoms with Gasteiger partial charge in [-0.2, -0.15) is 13.2 Å². The van der Waals surface area contributed by atoms with Crippen molar-refractivity contribution in [1.29, 1.82) is 0 Å². The number of hydrogen-bond donors (Lipinski definition) is 1. The Morgan fingerprint density at radius 2 is 2.18 bits per heavy atom. The van der Waals surface area contributed by atoms with Crippen LogP contribution in [-0.4, -0.2) is 42.7 Å². The zero-order chi connectivity index (χ0) is 12.9. The van der Waals surface area contributed by atoms with E-state index in [9.17, 15) is 18.0 Å². The van der Waals surface area contributed by atoms with Crippen LogP contribution in [0.3, 0.4) is 0 Å². The average molecular weight is 252 g/mol. The van der Waals surface area contributed by atoms with Crippen molar-refractivity contribution in [2.75, 3.05) is 19.6 Å². The van der Waals surface area contributed by atoms with Gasteiger partial charge in [0.2, 0.25) is 5.91 Å². The molecule has 1 fully saturated rings. The Kier molecular flexibility index (Phi) is 5.24. The van der Waals surface area contributed by atoms with E-state index < -0.39 is 18.5 Å².